The van der Waals surface area contributed by atoms with E-state index in [1.165, 1.54) is 106 Å². The second kappa shape index (κ2) is 31.6. The number of benzene rings is 4. The molecule has 4 N–H and O–H groups in total. The van der Waals surface area contributed by atoms with E-state index in [-0.39, 0.29) is 60.9 Å². The largest absolute Gasteiger partial charge is 0.462 e. The third kappa shape index (κ3) is 18.0. The number of hydrogen-bond donors (Lipinski definition) is 3. The lowest BCUT2D eigenvalue weighted by atomic mass is 10.2. The molecule has 0 spiro atoms. The molecule has 0 saturated carbocycles. The monoisotopic (exact) mass is 1280 g/mol. The summed E-state index contributed by atoms with van der Waals surface area (Å²) in [6.07, 6.45) is 11.7. The number of ether oxygens (including phenoxy) is 1. The summed E-state index contributed by atoms with van der Waals surface area (Å²) in [6.45, 7) is 5.90. The molecule has 0 bridgehead atoms. The van der Waals surface area contributed by atoms with Gasteiger partial charge in [-0.2, -0.15) is 18.8 Å². The quantitative estimate of drug-likeness (QED) is 0.0296. The Kier molecular flexibility index (Phi) is 23.3. The van der Waals surface area contributed by atoms with Crippen LogP contribution in [0.1, 0.15) is 67.0 Å². The number of aliphatic imine (C=N–C) groups is 1. The number of sulfonamides is 2. The van der Waals surface area contributed by atoms with E-state index in [1.807, 2.05) is 36.4 Å². The van der Waals surface area contributed by atoms with Crippen LogP contribution in [0.25, 0.3) is 34.3 Å². The van der Waals surface area contributed by atoms with Crippen LogP contribution in [0.3, 0.4) is 0 Å². The van der Waals surface area contributed by atoms with Gasteiger partial charge in [-0.15, -0.1) is 0 Å². The van der Waals surface area contributed by atoms with Gasteiger partial charge in [0.1, 0.15) is 52.8 Å². The van der Waals surface area contributed by atoms with Gasteiger partial charge in [-0.1, -0.05) is 114 Å². The summed E-state index contributed by atoms with van der Waals surface area (Å²) in [5.41, 5.74) is 9.76. The highest BCUT2D eigenvalue weighted by molar-refractivity contribution is 7.94. The zero-order valence-electron chi connectivity index (χ0n) is 50.9. The smallest absolute Gasteiger partial charge is 0.352 e. The maximum atomic E-state index is 14.3. The molecule has 1 saturated heterocycles. The van der Waals surface area contributed by atoms with Crippen molar-refractivity contribution in [3.63, 3.8) is 0 Å². The lowest BCUT2D eigenvalue weighted by molar-refractivity contribution is -0.137. The first-order valence-corrected chi connectivity index (χ1v) is 31.8. The number of nitrogens with zero attached hydrogens (tertiary/aromatic N) is 12. The molecule has 0 unspecified atom stereocenters. The van der Waals surface area contributed by atoms with Gasteiger partial charge in [0.2, 0.25) is 10.0 Å². The number of H-pyrrole nitrogens is 1. The van der Waals surface area contributed by atoms with Crippen molar-refractivity contribution in [1.29, 1.82) is 5.41 Å². The molecule has 0 radical (unpaired) electrons. The summed E-state index contributed by atoms with van der Waals surface area (Å²) in [7, 11) is -1.93. The number of halogens is 2. The number of fused-ring (bicyclic) bond motifs is 1. The minimum atomic E-state index is -4.11. The van der Waals surface area contributed by atoms with Crippen molar-refractivity contribution >= 4 is 37.7 Å². The van der Waals surface area contributed by atoms with E-state index in [0.29, 0.717) is 39.6 Å². The maximum Gasteiger partial charge on any atom is 0.352 e. The topological polar surface area (TPSA) is 303 Å². The van der Waals surface area contributed by atoms with Crippen LogP contribution in [0.4, 0.5) is 8.78 Å². The number of esters is 1. The van der Waals surface area contributed by atoms with Gasteiger partial charge in [0.05, 0.1) is 43.1 Å². The fourth-order valence-electron chi connectivity index (χ4n) is 9.48. The summed E-state index contributed by atoms with van der Waals surface area (Å²) < 4.78 is 99.3. The first kappa shape index (κ1) is 67.2. The van der Waals surface area contributed by atoms with E-state index >= 15 is 0 Å². The number of aromatic amines is 1. The highest BCUT2D eigenvalue weighted by Gasteiger charge is 2.31. The number of amidine groups is 2. The van der Waals surface area contributed by atoms with Crippen molar-refractivity contribution in [2.75, 3.05) is 54.4 Å². The van der Waals surface area contributed by atoms with Gasteiger partial charge < -0.3 is 34.3 Å². The Hall–Kier alpha value is -9.77. The third-order valence-electron chi connectivity index (χ3n) is 14.1. The lowest BCUT2D eigenvalue weighted by Crippen LogP contribution is -2.34. The molecule has 11 rings (SSSR count). The Bertz CT molecular complexity index is 4220. The first-order valence-electron chi connectivity index (χ1n) is 29.0. The summed E-state index contributed by atoms with van der Waals surface area (Å²) in [5, 5.41) is 23.9. The molecule has 5 aromatic heterocycles. The Balaban J connectivity index is 0.000000170. The van der Waals surface area contributed by atoms with Crippen molar-refractivity contribution in [2.24, 2.45) is 10.7 Å². The van der Waals surface area contributed by atoms with Crippen LogP contribution >= 0.6 is 0 Å². The van der Waals surface area contributed by atoms with Crippen LogP contribution in [0.5, 0.6) is 0 Å². The molecule has 0 amide bonds. The number of hydrogen-bond acceptors (Lipinski definition) is 18. The van der Waals surface area contributed by atoms with Crippen molar-refractivity contribution in [3.05, 3.63) is 213 Å². The van der Waals surface area contributed by atoms with E-state index in [2.05, 4.69) is 40.4 Å². The van der Waals surface area contributed by atoms with Gasteiger partial charge in [0, 0.05) is 96.8 Å². The number of carbonyl (C=O) groups is 1. The predicted octanol–water partition coefficient (Wildman–Crippen LogP) is 8.38. The number of aromatic nitrogens is 8. The molecule has 0 aliphatic carbocycles. The van der Waals surface area contributed by atoms with Crippen LogP contribution in [-0.2, 0) is 55.8 Å². The zero-order chi connectivity index (χ0) is 65.1. The number of nitrogen functional groups attached to an aromatic ring is 1. The molecule has 4 aromatic carbocycles. The second-order valence-corrected chi connectivity index (χ2v) is 25.1. The Morgan fingerprint density at radius 2 is 1.26 bits per heavy atom. The summed E-state index contributed by atoms with van der Waals surface area (Å²) in [4.78, 5) is 39.2. The molecule has 9 aromatic rings. The number of rotatable bonds is 19. The minimum absolute atomic E-state index is 0.0479. The van der Waals surface area contributed by atoms with Gasteiger partial charge in [-0.05, 0) is 61.6 Å². The van der Waals surface area contributed by atoms with Crippen LogP contribution in [0.15, 0.2) is 187 Å². The van der Waals surface area contributed by atoms with Crippen LogP contribution in [0, 0.1) is 17.0 Å². The predicted molar refractivity (Wildman–Crippen MR) is 339 cm³/mol. The van der Waals surface area contributed by atoms with Gasteiger partial charge >= 0.3 is 5.97 Å². The highest BCUT2D eigenvalue weighted by atomic mass is 32.2. The number of carbonyl (C=O) groups excluding carboxylic acids is 1. The first-order chi connectivity index (χ1) is 43.7. The molecule has 1 fully saturated rings. The average molecular weight is 1280 g/mol. The van der Waals surface area contributed by atoms with Crippen LogP contribution in [0.2, 0.25) is 0 Å². The molecule has 91 heavy (non-hydrogen) atoms. The zero-order valence-corrected chi connectivity index (χ0v) is 52.5. The highest BCUT2D eigenvalue weighted by Crippen LogP contribution is 2.26. The standard InChI is InChI=1S/C25H21FN6O4S.C15H22N2O4S.C14H12FN5O.C9H16N2/c1-31(15-17-7-3-2-4-8-17)37(34,35)23-14-27-24(28-25(23)33)21-13-22(20-11-12-36-30-20)32(29-21)16-18-9-5-6-10-19(18)26;1-5-21-15(18)14(12-16(2)3)22(19,20)17(4)11-13-9-7-6-8-10-13;15-10-4-2-1-3-9(10)8-20-13(11-5-6-21-19-11)7-12(18-20)14(16)17;1-2-5-9-10-6-4-8-11(9)7-3-1/h2-14H,15-16H2,1H3,(H,27,28,33);6-10,12H,5,11H2,1-4H3;1-7H,8H2,(H3,16,17);1-8H2. The van der Waals surface area contributed by atoms with Gasteiger partial charge in [0.25, 0.3) is 15.6 Å². The molecular formula is C63H71F2N15O9S2. The molecule has 0 atom stereocenters. The summed E-state index contributed by atoms with van der Waals surface area (Å²) in [5.74, 6) is -0.279. The van der Waals surface area contributed by atoms with Crippen molar-refractivity contribution < 1.29 is 44.2 Å². The van der Waals surface area contributed by atoms with E-state index in [4.69, 9.17) is 24.9 Å². The second-order valence-electron chi connectivity index (χ2n) is 21.1. The fraction of sp³-hybridized carbons (Fsp3) is 0.286. The fourth-order valence-corrected chi connectivity index (χ4v) is 11.9. The van der Waals surface area contributed by atoms with Crippen LogP contribution < -0.4 is 11.3 Å². The van der Waals surface area contributed by atoms with Gasteiger partial charge in [-0.3, -0.25) is 24.6 Å². The molecule has 2 aliphatic rings. The number of nitrogens with two attached hydrogens (primary N) is 1. The Morgan fingerprint density at radius 1 is 0.714 bits per heavy atom. The summed E-state index contributed by atoms with van der Waals surface area (Å²) >= 11 is 0. The SMILES string of the molecule is C1CCC2=NCCCN2CC1.CCOC(=O)C(=CN(C)C)S(=O)(=O)N(C)Cc1ccccc1.CN(Cc1ccccc1)S(=O)(=O)c1cnc(-c2cc(-c3ccon3)n(Cc3ccccc3F)n2)[nH]c1=O.N=C(N)c1cc(-c2ccon2)n(Cc2ccccc2F)n1. The molecule has 478 valence electrons. The van der Waals surface area contributed by atoms with Crippen LogP contribution in [-0.4, -0.2) is 147 Å². The van der Waals surface area contributed by atoms with E-state index < -0.39 is 42.3 Å². The molecule has 24 nitrogen and oxygen atoms in total. The van der Waals surface area contributed by atoms with Crippen molar-refractivity contribution in [1.82, 2.24) is 58.3 Å². The molecule has 2 aliphatic heterocycles. The molecule has 7 heterocycles. The average Bonchev–Trinajstić information content (AvgIpc) is 1.92. The number of nitrogens with one attached hydrogen (secondary N) is 2. The van der Waals surface area contributed by atoms with E-state index in [1.54, 1.807) is 111 Å². The maximum absolute atomic E-state index is 14.3. The Morgan fingerprint density at radius 3 is 1.80 bits per heavy atom. The normalized spacial score (nSPS) is 13.3. The molecular weight excluding hydrogens is 1210 g/mol. The van der Waals surface area contributed by atoms with Crippen molar-refractivity contribution in [3.8, 4) is 34.3 Å². The van der Waals surface area contributed by atoms with E-state index in [9.17, 15) is 35.2 Å². The van der Waals surface area contributed by atoms with Gasteiger partial charge in [0.15, 0.2) is 15.6 Å². The Labute approximate surface area is 525 Å². The molecule has 28 heteroatoms. The van der Waals surface area contributed by atoms with E-state index in [0.717, 1.165) is 32.5 Å². The third-order valence-corrected chi connectivity index (χ3v) is 17.7. The summed E-state index contributed by atoms with van der Waals surface area (Å²) in [6, 6.07) is 37.4. The van der Waals surface area contributed by atoms with Crippen molar-refractivity contribution in [2.45, 2.75) is 70.1 Å². The lowest BCUT2D eigenvalue weighted by Gasteiger charge is -2.27. The van der Waals surface area contributed by atoms with Gasteiger partial charge in [-0.25, -0.2) is 35.4 Å². The minimum Gasteiger partial charge on any atom is -0.462 e.